The van der Waals surface area contributed by atoms with Crippen LogP contribution in [0.3, 0.4) is 0 Å². The van der Waals surface area contributed by atoms with Crippen LogP contribution in [0.1, 0.15) is 52.1 Å². The molecule has 6 heteroatoms. The maximum Gasteiger partial charge on any atom is 0.261 e. The van der Waals surface area contributed by atoms with Crippen LogP contribution in [-0.4, -0.2) is 35.9 Å². The quantitative estimate of drug-likeness (QED) is 0.862. The number of Topliss-reactive ketones (excluding diaryl/α,β-unsaturated/α-hetero) is 1. The van der Waals surface area contributed by atoms with E-state index in [0.29, 0.717) is 37.3 Å². The van der Waals surface area contributed by atoms with E-state index < -0.39 is 11.5 Å². The number of hydrogen-bond donors (Lipinski definition) is 2. The van der Waals surface area contributed by atoms with Gasteiger partial charge in [-0.15, -0.1) is 0 Å². The third kappa shape index (κ3) is 2.90. The molecule has 1 aromatic rings. The molecule has 1 saturated heterocycles. The van der Waals surface area contributed by atoms with Gasteiger partial charge < -0.3 is 15.0 Å². The zero-order chi connectivity index (χ0) is 14.8. The Morgan fingerprint density at radius 2 is 2.19 bits per heavy atom. The molecule has 6 nitrogen and oxygen atoms in total. The van der Waals surface area contributed by atoms with Gasteiger partial charge in [-0.3, -0.25) is 14.4 Å². The Labute approximate surface area is 121 Å². The van der Waals surface area contributed by atoms with Gasteiger partial charge in [0.05, 0.1) is 6.10 Å². The lowest BCUT2D eigenvalue weighted by molar-refractivity contribution is 0.0856. The molecule has 0 radical (unpaired) electrons. The van der Waals surface area contributed by atoms with Crippen molar-refractivity contribution in [1.82, 2.24) is 10.3 Å². The molecule has 1 amide bonds. The molecule has 2 aliphatic rings. The van der Waals surface area contributed by atoms with E-state index in [-0.39, 0.29) is 17.5 Å². The number of hydrogen-bond acceptors (Lipinski definition) is 4. The van der Waals surface area contributed by atoms with E-state index in [4.69, 9.17) is 4.74 Å². The average molecular weight is 290 g/mol. The van der Waals surface area contributed by atoms with Crippen LogP contribution in [0.2, 0.25) is 0 Å². The number of H-pyrrole nitrogens is 1. The number of carbonyl (C=O) groups is 2. The highest BCUT2D eigenvalue weighted by Crippen LogP contribution is 2.18. The summed E-state index contributed by atoms with van der Waals surface area (Å²) in [5, 5.41) is 2.71. The molecule has 1 aliphatic heterocycles. The van der Waals surface area contributed by atoms with Gasteiger partial charge in [0.15, 0.2) is 5.78 Å². The lowest BCUT2D eigenvalue weighted by Gasteiger charge is -2.15. The van der Waals surface area contributed by atoms with Crippen LogP contribution in [0.4, 0.5) is 0 Å². The maximum absolute atomic E-state index is 12.1. The first kappa shape index (κ1) is 14.0. The molecular formula is C15H18N2O4. The van der Waals surface area contributed by atoms with Crippen LogP contribution >= 0.6 is 0 Å². The second kappa shape index (κ2) is 5.81. The van der Waals surface area contributed by atoms with Crippen LogP contribution in [-0.2, 0) is 11.2 Å². The van der Waals surface area contributed by atoms with Crippen LogP contribution < -0.4 is 10.9 Å². The smallest absolute Gasteiger partial charge is 0.261 e. The van der Waals surface area contributed by atoms with Crippen molar-refractivity contribution in [2.24, 2.45) is 0 Å². The van der Waals surface area contributed by atoms with Crippen LogP contribution in [0.25, 0.3) is 0 Å². The second-order valence-electron chi connectivity index (χ2n) is 5.53. The molecule has 1 fully saturated rings. The summed E-state index contributed by atoms with van der Waals surface area (Å²) in [6, 6.07) is 1.43. The van der Waals surface area contributed by atoms with Gasteiger partial charge in [-0.05, 0) is 31.7 Å². The number of fused-ring (bicyclic) bond motifs is 1. The lowest BCUT2D eigenvalue weighted by Crippen LogP contribution is -2.36. The fourth-order valence-electron chi connectivity index (χ4n) is 2.85. The number of aromatic nitrogens is 1. The normalized spacial score (nSPS) is 21.1. The Balaban J connectivity index is 1.77. The van der Waals surface area contributed by atoms with Crippen molar-refractivity contribution in [2.45, 2.75) is 38.2 Å². The first-order valence-corrected chi connectivity index (χ1v) is 7.34. The minimum Gasteiger partial charge on any atom is -0.376 e. The van der Waals surface area contributed by atoms with Crippen molar-refractivity contribution in [1.29, 1.82) is 0 Å². The highest BCUT2D eigenvalue weighted by Gasteiger charge is 2.23. The molecule has 0 aromatic carbocycles. The molecule has 21 heavy (non-hydrogen) atoms. The highest BCUT2D eigenvalue weighted by atomic mass is 16.5. The molecule has 0 spiro atoms. The Bertz CT molecular complexity index is 629. The van der Waals surface area contributed by atoms with Gasteiger partial charge in [0.1, 0.15) is 5.56 Å². The van der Waals surface area contributed by atoms with E-state index in [0.717, 1.165) is 19.3 Å². The van der Waals surface area contributed by atoms with Crippen molar-refractivity contribution < 1.29 is 14.3 Å². The average Bonchev–Trinajstić information content (AvgIpc) is 2.98. The van der Waals surface area contributed by atoms with Crippen molar-refractivity contribution in [2.75, 3.05) is 13.2 Å². The number of ketones is 1. The van der Waals surface area contributed by atoms with Gasteiger partial charge >= 0.3 is 0 Å². The first-order chi connectivity index (χ1) is 10.1. The Hall–Kier alpha value is -1.95. The van der Waals surface area contributed by atoms with Gasteiger partial charge in [-0.1, -0.05) is 0 Å². The molecule has 1 aromatic heterocycles. The minimum absolute atomic E-state index is 0.00185. The van der Waals surface area contributed by atoms with Crippen molar-refractivity contribution in [3.05, 3.63) is 33.2 Å². The molecule has 0 saturated carbocycles. The lowest BCUT2D eigenvalue weighted by atomic mass is 9.93. The summed E-state index contributed by atoms with van der Waals surface area (Å²) >= 11 is 0. The van der Waals surface area contributed by atoms with Gasteiger partial charge in [-0.2, -0.15) is 0 Å². The van der Waals surface area contributed by atoms with Gasteiger partial charge in [0, 0.05) is 30.8 Å². The number of aryl methyl sites for hydroxylation is 1. The van der Waals surface area contributed by atoms with Crippen LogP contribution in [0, 0.1) is 0 Å². The molecule has 112 valence electrons. The fourth-order valence-corrected chi connectivity index (χ4v) is 2.85. The Morgan fingerprint density at radius 3 is 2.95 bits per heavy atom. The maximum atomic E-state index is 12.1. The summed E-state index contributed by atoms with van der Waals surface area (Å²) in [7, 11) is 0. The molecule has 3 rings (SSSR count). The topological polar surface area (TPSA) is 88.3 Å². The number of nitrogens with one attached hydrogen (secondary N) is 2. The van der Waals surface area contributed by atoms with Crippen molar-refractivity contribution in [3.63, 3.8) is 0 Å². The zero-order valence-corrected chi connectivity index (χ0v) is 11.7. The molecule has 1 aliphatic carbocycles. The van der Waals surface area contributed by atoms with E-state index in [1.54, 1.807) is 0 Å². The summed E-state index contributed by atoms with van der Waals surface area (Å²) in [6.07, 6.45) is 3.82. The van der Waals surface area contributed by atoms with Crippen LogP contribution in [0.5, 0.6) is 0 Å². The van der Waals surface area contributed by atoms with E-state index in [1.165, 1.54) is 6.07 Å². The monoisotopic (exact) mass is 290 g/mol. The largest absolute Gasteiger partial charge is 0.376 e. The number of pyridine rings is 1. The van der Waals surface area contributed by atoms with E-state index in [2.05, 4.69) is 10.3 Å². The molecule has 1 atom stereocenters. The predicted octanol–water partition coefficient (Wildman–Crippen LogP) is 0.803. The Morgan fingerprint density at radius 1 is 1.33 bits per heavy atom. The van der Waals surface area contributed by atoms with Gasteiger partial charge in [0.25, 0.3) is 11.5 Å². The summed E-state index contributed by atoms with van der Waals surface area (Å²) in [5.74, 6) is -0.464. The SMILES string of the molecule is O=C1CCCc2[nH]c(=O)c(C(=O)NCC3CCCO3)cc21. The summed E-state index contributed by atoms with van der Waals surface area (Å²) in [5.41, 5.74) is 0.685. The highest BCUT2D eigenvalue weighted by molar-refractivity contribution is 6.01. The van der Waals surface area contributed by atoms with Crippen LogP contribution in [0.15, 0.2) is 10.9 Å². The number of ether oxygens (including phenoxy) is 1. The molecule has 0 bridgehead atoms. The second-order valence-corrected chi connectivity index (χ2v) is 5.53. The number of aromatic amines is 1. The van der Waals surface area contributed by atoms with Gasteiger partial charge in [-0.25, -0.2) is 0 Å². The summed E-state index contributed by atoms with van der Waals surface area (Å²) in [6.45, 7) is 1.11. The molecule has 1 unspecified atom stereocenters. The fraction of sp³-hybridized carbons (Fsp3) is 0.533. The minimum atomic E-state index is -0.451. The third-order valence-electron chi connectivity index (χ3n) is 4.01. The standard InChI is InChI=1S/C15H18N2O4/c18-13-5-1-4-12-10(13)7-11(15(20)17-12)14(19)16-8-9-3-2-6-21-9/h7,9H,1-6,8H2,(H,16,19)(H,17,20). The van der Waals surface area contributed by atoms with E-state index in [9.17, 15) is 14.4 Å². The molecular weight excluding hydrogens is 272 g/mol. The number of amides is 1. The zero-order valence-electron chi connectivity index (χ0n) is 11.7. The van der Waals surface area contributed by atoms with E-state index >= 15 is 0 Å². The third-order valence-corrected chi connectivity index (χ3v) is 4.01. The Kier molecular flexibility index (Phi) is 3.88. The summed E-state index contributed by atoms with van der Waals surface area (Å²) < 4.78 is 5.42. The van der Waals surface area contributed by atoms with Crippen molar-refractivity contribution in [3.8, 4) is 0 Å². The number of rotatable bonds is 3. The first-order valence-electron chi connectivity index (χ1n) is 7.34. The van der Waals surface area contributed by atoms with Gasteiger partial charge in [0.2, 0.25) is 0 Å². The molecule has 2 N–H and O–H groups in total. The summed E-state index contributed by atoms with van der Waals surface area (Å²) in [4.78, 5) is 38.6. The number of carbonyl (C=O) groups excluding carboxylic acids is 2. The van der Waals surface area contributed by atoms with Crippen molar-refractivity contribution >= 4 is 11.7 Å². The predicted molar refractivity (Wildman–Crippen MR) is 75.6 cm³/mol. The van der Waals surface area contributed by atoms with E-state index in [1.807, 2.05) is 0 Å². The molecule has 2 heterocycles.